The van der Waals surface area contributed by atoms with Crippen LogP contribution in [0.3, 0.4) is 0 Å². The second-order valence-corrected chi connectivity index (χ2v) is 4.87. The van der Waals surface area contributed by atoms with E-state index in [0.29, 0.717) is 5.92 Å². The number of carbonyl (C=O) groups is 1. The van der Waals surface area contributed by atoms with Gasteiger partial charge in [0.2, 0.25) is 0 Å². The Labute approximate surface area is 112 Å². The SMILES string of the molecule is CC1CN(C(=O)Nc2ccccc2)c2ccccc21. The summed E-state index contributed by atoms with van der Waals surface area (Å²) in [7, 11) is 0. The van der Waals surface area contributed by atoms with Crippen molar-refractivity contribution in [3.05, 3.63) is 60.2 Å². The Morgan fingerprint density at radius 2 is 1.79 bits per heavy atom. The van der Waals surface area contributed by atoms with E-state index < -0.39 is 0 Å². The monoisotopic (exact) mass is 252 g/mol. The van der Waals surface area contributed by atoms with E-state index in [1.165, 1.54) is 5.56 Å². The minimum atomic E-state index is -0.0667. The fourth-order valence-corrected chi connectivity index (χ4v) is 2.53. The average molecular weight is 252 g/mol. The highest BCUT2D eigenvalue weighted by atomic mass is 16.2. The van der Waals surface area contributed by atoms with Crippen LogP contribution in [0.25, 0.3) is 0 Å². The third-order valence-corrected chi connectivity index (χ3v) is 3.49. The first-order valence-corrected chi connectivity index (χ1v) is 6.48. The number of rotatable bonds is 1. The molecule has 3 heteroatoms. The van der Waals surface area contributed by atoms with E-state index in [4.69, 9.17) is 0 Å². The van der Waals surface area contributed by atoms with Gasteiger partial charge in [-0.05, 0) is 23.8 Å². The molecule has 1 aliphatic rings. The Kier molecular flexibility index (Phi) is 2.95. The van der Waals surface area contributed by atoms with Gasteiger partial charge in [0.15, 0.2) is 0 Å². The summed E-state index contributed by atoms with van der Waals surface area (Å²) in [5.74, 6) is 0.387. The topological polar surface area (TPSA) is 32.3 Å². The molecule has 2 aromatic carbocycles. The predicted octanol–water partition coefficient (Wildman–Crippen LogP) is 3.84. The zero-order valence-electron chi connectivity index (χ0n) is 10.8. The number of amides is 2. The van der Waals surface area contributed by atoms with Gasteiger partial charge >= 0.3 is 6.03 Å². The molecule has 0 saturated heterocycles. The van der Waals surface area contributed by atoms with Crippen LogP contribution in [0.4, 0.5) is 16.2 Å². The fourth-order valence-electron chi connectivity index (χ4n) is 2.53. The van der Waals surface area contributed by atoms with Crippen LogP contribution in [0, 0.1) is 0 Å². The van der Waals surface area contributed by atoms with Crippen molar-refractivity contribution in [2.45, 2.75) is 12.8 Å². The molecule has 1 unspecified atom stereocenters. The lowest BCUT2D eigenvalue weighted by Gasteiger charge is -2.18. The highest BCUT2D eigenvalue weighted by molar-refractivity contribution is 6.03. The van der Waals surface area contributed by atoms with E-state index in [9.17, 15) is 4.79 Å². The Balaban J connectivity index is 1.83. The molecular formula is C16H16N2O. The standard InChI is InChI=1S/C16H16N2O/c1-12-11-18(15-10-6-5-9-14(12)15)16(19)17-13-7-3-2-4-8-13/h2-10,12H,11H2,1H3,(H,17,19). The molecule has 2 aromatic rings. The molecule has 1 aliphatic heterocycles. The van der Waals surface area contributed by atoms with Crippen LogP contribution in [-0.2, 0) is 0 Å². The molecular weight excluding hydrogens is 236 g/mol. The zero-order chi connectivity index (χ0) is 13.2. The molecule has 1 atom stereocenters. The summed E-state index contributed by atoms with van der Waals surface area (Å²) in [6, 6.07) is 17.6. The van der Waals surface area contributed by atoms with E-state index in [1.54, 1.807) is 0 Å². The van der Waals surface area contributed by atoms with Gasteiger partial charge in [-0.15, -0.1) is 0 Å². The van der Waals surface area contributed by atoms with Crippen molar-refractivity contribution in [3.63, 3.8) is 0 Å². The van der Waals surface area contributed by atoms with Crippen LogP contribution < -0.4 is 10.2 Å². The quantitative estimate of drug-likeness (QED) is 0.821. The fraction of sp³-hybridized carbons (Fsp3) is 0.188. The first-order chi connectivity index (χ1) is 9.25. The lowest BCUT2D eigenvalue weighted by atomic mass is 10.0. The van der Waals surface area contributed by atoms with Crippen molar-refractivity contribution in [2.24, 2.45) is 0 Å². The van der Waals surface area contributed by atoms with Crippen molar-refractivity contribution >= 4 is 17.4 Å². The van der Waals surface area contributed by atoms with Gasteiger partial charge < -0.3 is 5.32 Å². The van der Waals surface area contributed by atoms with Gasteiger partial charge in [0, 0.05) is 23.8 Å². The minimum absolute atomic E-state index is 0.0667. The number of hydrogen-bond acceptors (Lipinski definition) is 1. The van der Waals surface area contributed by atoms with Crippen molar-refractivity contribution in [1.82, 2.24) is 0 Å². The maximum Gasteiger partial charge on any atom is 0.326 e. The van der Waals surface area contributed by atoms with Crippen LogP contribution in [0.5, 0.6) is 0 Å². The number of anilines is 2. The molecule has 0 fully saturated rings. The maximum atomic E-state index is 12.3. The molecule has 96 valence electrons. The number of urea groups is 1. The van der Waals surface area contributed by atoms with E-state index in [-0.39, 0.29) is 6.03 Å². The molecule has 3 rings (SSSR count). The number of carbonyl (C=O) groups excluding carboxylic acids is 1. The van der Waals surface area contributed by atoms with Crippen LogP contribution in [0.15, 0.2) is 54.6 Å². The van der Waals surface area contributed by atoms with E-state index >= 15 is 0 Å². The van der Waals surface area contributed by atoms with Gasteiger partial charge in [0.05, 0.1) is 0 Å². The first-order valence-electron chi connectivity index (χ1n) is 6.48. The van der Waals surface area contributed by atoms with Gasteiger partial charge in [-0.25, -0.2) is 4.79 Å². The van der Waals surface area contributed by atoms with E-state index in [0.717, 1.165) is 17.9 Å². The van der Waals surface area contributed by atoms with Crippen molar-refractivity contribution in [2.75, 3.05) is 16.8 Å². The first kappa shape index (κ1) is 11.8. The number of benzene rings is 2. The average Bonchev–Trinajstić information content (AvgIpc) is 2.78. The Morgan fingerprint density at radius 1 is 1.11 bits per heavy atom. The van der Waals surface area contributed by atoms with Gasteiger partial charge in [0.25, 0.3) is 0 Å². The molecule has 0 radical (unpaired) electrons. The second kappa shape index (κ2) is 4.76. The van der Waals surface area contributed by atoms with Crippen LogP contribution in [-0.4, -0.2) is 12.6 Å². The molecule has 0 spiro atoms. The van der Waals surface area contributed by atoms with Gasteiger partial charge in [-0.2, -0.15) is 0 Å². The summed E-state index contributed by atoms with van der Waals surface area (Å²) in [5, 5.41) is 2.93. The third-order valence-electron chi connectivity index (χ3n) is 3.49. The summed E-state index contributed by atoms with van der Waals surface area (Å²) < 4.78 is 0. The molecule has 3 nitrogen and oxygen atoms in total. The Hall–Kier alpha value is -2.29. The summed E-state index contributed by atoms with van der Waals surface area (Å²) in [6.45, 7) is 2.88. The van der Waals surface area contributed by atoms with Gasteiger partial charge in [-0.3, -0.25) is 4.90 Å². The minimum Gasteiger partial charge on any atom is -0.308 e. The number of nitrogens with zero attached hydrogens (tertiary/aromatic N) is 1. The molecule has 0 aliphatic carbocycles. The molecule has 19 heavy (non-hydrogen) atoms. The molecule has 1 heterocycles. The third kappa shape index (κ3) is 2.19. The van der Waals surface area contributed by atoms with Gasteiger partial charge in [-0.1, -0.05) is 43.3 Å². The summed E-state index contributed by atoms with van der Waals surface area (Å²) >= 11 is 0. The van der Waals surface area contributed by atoms with Crippen LogP contribution in [0.2, 0.25) is 0 Å². The highest BCUT2D eigenvalue weighted by Crippen LogP contribution is 2.35. The van der Waals surface area contributed by atoms with Gasteiger partial charge in [0.1, 0.15) is 0 Å². The van der Waals surface area contributed by atoms with Crippen molar-refractivity contribution in [1.29, 1.82) is 0 Å². The smallest absolute Gasteiger partial charge is 0.308 e. The van der Waals surface area contributed by atoms with E-state index in [2.05, 4.69) is 18.3 Å². The number of fused-ring (bicyclic) bond motifs is 1. The van der Waals surface area contributed by atoms with Crippen LogP contribution >= 0.6 is 0 Å². The molecule has 0 aromatic heterocycles. The van der Waals surface area contributed by atoms with E-state index in [1.807, 2.05) is 53.4 Å². The highest BCUT2D eigenvalue weighted by Gasteiger charge is 2.29. The second-order valence-electron chi connectivity index (χ2n) is 4.87. The van der Waals surface area contributed by atoms with Crippen molar-refractivity contribution < 1.29 is 4.79 Å². The van der Waals surface area contributed by atoms with Crippen molar-refractivity contribution in [3.8, 4) is 0 Å². The van der Waals surface area contributed by atoms with Crippen LogP contribution in [0.1, 0.15) is 18.4 Å². The summed E-state index contributed by atoms with van der Waals surface area (Å²) in [6.07, 6.45) is 0. The Morgan fingerprint density at radius 3 is 2.58 bits per heavy atom. The normalized spacial score (nSPS) is 17.1. The molecule has 0 saturated carbocycles. The number of para-hydroxylation sites is 2. The predicted molar refractivity (Wildman–Crippen MR) is 77.7 cm³/mol. The molecule has 1 N–H and O–H groups in total. The lowest BCUT2D eigenvalue weighted by molar-refractivity contribution is 0.257. The number of hydrogen-bond donors (Lipinski definition) is 1. The molecule has 0 bridgehead atoms. The molecule has 2 amide bonds. The Bertz CT molecular complexity index is 595. The summed E-state index contributed by atoms with van der Waals surface area (Å²) in [5.41, 5.74) is 3.08. The lowest BCUT2D eigenvalue weighted by Crippen LogP contribution is -2.33. The maximum absolute atomic E-state index is 12.3. The largest absolute Gasteiger partial charge is 0.326 e. The number of nitrogens with one attached hydrogen (secondary N) is 1. The zero-order valence-corrected chi connectivity index (χ0v) is 10.8. The summed E-state index contributed by atoms with van der Waals surface area (Å²) in [4.78, 5) is 14.2.